The van der Waals surface area contributed by atoms with E-state index in [-0.39, 0.29) is 16.3 Å². The second kappa shape index (κ2) is 9.43. The minimum Gasteiger partial charge on any atom is -0.598 e. The number of benzene rings is 1. The van der Waals surface area contributed by atoms with Gasteiger partial charge in [0, 0.05) is 46.4 Å². The summed E-state index contributed by atoms with van der Waals surface area (Å²) in [6.45, 7) is 6.71. The summed E-state index contributed by atoms with van der Waals surface area (Å²) in [6.07, 6.45) is 1.49. The van der Waals surface area contributed by atoms with Crippen molar-refractivity contribution in [1.82, 2.24) is 24.2 Å². The SMILES string of the molecule is CC(C)(C)[S+]([O-])NCCCn1c(Cc2cc3c(cc2I)CCC3=O)nc2c(N)nc(F)nc21. The summed E-state index contributed by atoms with van der Waals surface area (Å²) in [5.41, 5.74) is 9.44. The fourth-order valence-electron chi connectivity index (χ4n) is 3.84. The number of imidazole rings is 1. The van der Waals surface area contributed by atoms with Crippen LogP contribution < -0.4 is 10.5 Å². The number of aryl methyl sites for hydroxylation is 2. The number of anilines is 1. The first-order valence-electron chi connectivity index (χ1n) is 10.7. The van der Waals surface area contributed by atoms with Gasteiger partial charge in [-0.3, -0.25) is 4.79 Å². The van der Waals surface area contributed by atoms with Gasteiger partial charge < -0.3 is 14.9 Å². The number of carbonyl (C=O) groups is 1. The highest BCUT2D eigenvalue weighted by atomic mass is 127. The Morgan fingerprint density at radius 1 is 1.27 bits per heavy atom. The molecule has 1 aliphatic carbocycles. The van der Waals surface area contributed by atoms with Gasteiger partial charge in [-0.2, -0.15) is 14.4 Å². The summed E-state index contributed by atoms with van der Waals surface area (Å²) in [5.74, 6) is 0.811. The summed E-state index contributed by atoms with van der Waals surface area (Å²) in [6, 6.07) is 4.00. The second-order valence-corrected chi connectivity index (χ2v) is 12.3. The van der Waals surface area contributed by atoms with Gasteiger partial charge in [0.05, 0.1) is 0 Å². The Balaban J connectivity index is 1.63. The van der Waals surface area contributed by atoms with Crippen molar-refractivity contribution in [2.24, 2.45) is 0 Å². The average molecular weight is 584 g/mol. The second-order valence-electron chi connectivity index (χ2n) is 9.06. The molecule has 0 aliphatic heterocycles. The standard InChI is InChI=1S/C22H26FIN6O2S/c1-22(2,3)33(32)26-7-4-8-30-17(27-18-19(25)28-21(23)29-20(18)30)11-13-9-14-12(10-15(13)24)5-6-16(14)31/h9-10,26H,4-8,11H2,1-3H3,(H2,25,28,29). The molecule has 0 bridgehead atoms. The van der Waals surface area contributed by atoms with E-state index in [2.05, 4.69) is 48.3 Å². The maximum Gasteiger partial charge on any atom is 0.312 e. The number of aromatic nitrogens is 4. The summed E-state index contributed by atoms with van der Waals surface area (Å²) in [4.78, 5) is 24.4. The third-order valence-corrected chi connectivity index (χ3v) is 8.15. The molecule has 0 fully saturated rings. The van der Waals surface area contributed by atoms with Crippen LogP contribution in [-0.2, 0) is 30.7 Å². The van der Waals surface area contributed by atoms with Crippen molar-refractivity contribution in [2.45, 2.75) is 57.7 Å². The topological polar surface area (TPSA) is 122 Å². The van der Waals surface area contributed by atoms with Crippen molar-refractivity contribution in [3.05, 3.63) is 44.3 Å². The molecule has 1 unspecified atom stereocenters. The van der Waals surface area contributed by atoms with Gasteiger partial charge in [0.15, 0.2) is 22.8 Å². The lowest BCUT2D eigenvalue weighted by atomic mass is 10.0. The Morgan fingerprint density at radius 2 is 2.03 bits per heavy atom. The van der Waals surface area contributed by atoms with Crippen molar-refractivity contribution >= 4 is 56.7 Å². The number of halogens is 2. The molecule has 2 heterocycles. The number of rotatable bonds is 7. The van der Waals surface area contributed by atoms with Crippen molar-refractivity contribution in [2.75, 3.05) is 12.3 Å². The van der Waals surface area contributed by atoms with Crippen LogP contribution in [-0.4, -0.2) is 41.1 Å². The number of nitrogens with one attached hydrogen (secondary N) is 1. The molecule has 11 heteroatoms. The monoisotopic (exact) mass is 584 g/mol. The van der Waals surface area contributed by atoms with Gasteiger partial charge in [-0.05, 0) is 79.5 Å². The highest BCUT2D eigenvalue weighted by Crippen LogP contribution is 2.29. The predicted molar refractivity (Wildman–Crippen MR) is 135 cm³/mol. The summed E-state index contributed by atoms with van der Waals surface area (Å²) in [5, 5.41) is 0. The van der Waals surface area contributed by atoms with Crippen LogP contribution in [0.15, 0.2) is 12.1 Å². The minimum atomic E-state index is -1.18. The van der Waals surface area contributed by atoms with Crippen molar-refractivity contribution < 1.29 is 13.7 Å². The number of hydrogen-bond donors (Lipinski definition) is 2. The van der Waals surface area contributed by atoms with Gasteiger partial charge >= 0.3 is 6.08 Å². The lowest BCUT2D eigenvalue weighted by Gasteiger charge is -2.23. The Hall–Kier alpha value is -1.83. The van der Waals surface area contributed by atoms with E-state index < -0.39 is 17.4 Å². The number of fused-ring (bicyclic) bond motifs is 2. The maximum atomic E-state index is 14.0. The molecule has 0 saturated heterocycles. The quantitative estimate of drug-likeness (QED) is 0.189. The molecule has 0 radical (unpaired) electrons. The number of carbonyl (C=O) groups excluding carboxylic acids is 1. The molecule has 3 N–H and O–H groups in total. The smallest absolute Gasteiger partial charge is 0.312 e. The number of nitrogens with zero attached hydrogens (tertiary/aromatic N) is 4. The van der Waals surface area contributed by atoms with Gasteiger partial charge in [-0.1, -0.05) is 0 Å². The average Bonchev–Trinajstić information content (AvgIpc) is 3.25. The van der Waals surface area contributed by atoms with E-state index in [9.17, 15) is 13.7 Å². The Kier molecular flexibility index (Phi) is 6.95. The van der Waals surface area contributed by atoms with E-state index in [4.69, 9.17) is 5.73 Å². The molecule has 1 atom stereocenters. The van der Waals surface area contributed by atoms with E-state index in [0.29, 0.717) is 49.3 Å². The molecule has 0 amide bonds. The molecular formula is C22H26FIN6O2S. The van der Waals surface area contributed by atoms with Crippen LogP contribution in [0.2, 0.25) is 0 Å². The van der Waals surface area contributed by atoms with Gasteiger partial charge in [-0.25, -0.2) is 4.98 Å². The lowest BCUT2D eigenvalue weighted by molar-refractivity contribution is 0.0994. The van der Waals surface area contributed by atoms with Crippen LogP contribution >= 0.6 is 22.6 Å². The van der Waals surface area contributed by atoms with E-state index in [0.717, 1.165) is 26.7 Å². The van der Waals surface area contributed by atoms with E-state index in [1.807, 2.05) is 31.4 Å². The van der Waals surface area contributed by atoms with E-state index in [1.54, 1.807) is 0 Å². The van der Waals surface area contributed by atoms with Crippen molar-refractivity contribution in [3.8, 4) is 0 Å². The minimum absolute atomic E-state index is 0.0108. The largest absolute Gasteiger partial charge is 0.598 e. The van der Waals surface area contributed by atoms with Crippen LogP contribution in [0.25, 0.3) is 11.2 Å². The van der Waals surface area contributed by atoms with E-state index >= 15 is 0 Å². The van der Waals surface area contributed by atoms with Crippen molar-refractivity contribution in [3.63, 3.8) is 0 Å². The van der Waals surface area contributed by atoms with Gasteiger partial charge in [0.1, 0.15) is 10.6 Å². The van der Waals surface area contributed by atoms with Gasteiger partial charge in [0.2, 0.25) is 0 Å². The Bertz CT molecular complexity index is 1230. The highest BCUT2D eigenvalue weighted by Gasteiger charge is 2.26. The first-order valence-corrected chi connectivity index (χ1v) is 13.0. The first-order chi connectivity index (χ1) is 15.5. The molecular weight excluding hydrogens is 558 g/mol. The molecule has 1 aliphatic rings. The molecule has 1 aromatic carbocycles. The van der Waals surface area contributed by atoms with Gasteiger partial charge in [-0.15, -0.1) is 4.72 Å². The van der Waals surface area contributed by atoms with Crippen LogP contribution in [0.4, 0.5) is 10.2 Å². The van der Waals surface area contributed by atoms with E-state index in [1.165, 1.54) is 0 Å². The number of Topliss-reactive ketones (excluding diaryl/α,β-unsaturated/α-hetero) is 1. The molecule has 3 aromatic rings. The van der Waals surface area contributed by atoms with Gasteiger partial charge in [0.25, 0.3) is 0 Å². The third-order valence-electron chi connectivity index (χ3n) is 5.56. The molecule has 4 rings (SSSR count). The first kappa shape index (κ1) is 24.3. The molecule has 2 aromatic heterocycles. The molecule has 0 saturated carbocycles. The zero-order valence-electron chi connectivity index (χ0n) is 18.7. The molecule has 0 spiro atoms. The van der Waals surface area contributed by atoms with Crippen molar-refractivity contribution in [1.29, 1.82) is 0 Å². The maximum absolute atomic E-state index is 14.0. The zero-order valence-corrected chi connectivity index (χ0v) is 21.7. The lowest BCUT2D eigenvalue weighted by Crippen LogP contribution is -2.39. The van der Waals surface area contributed by atoms with Crippen LogP contribution in [0, 0.1) is 9.65 Å². The van der Waals surface area contributed by atoms with Crippen LogP contribution in [0.3, 0.4) is 0 Å². The number of ketones is 1. The molecule has 176 valence electrons. The normalized spacial score (nSPS) is 14.8. The predicted octanol–water partition coefficient (Wildman–Crippen LogP) is 3.31. The third kappa shape index (κ3) is 5.15. The fourth-order valence-corrected chi connectivity index (χ4v) is 5.33. The summed E-state index contributed by atoms with van der Waals surface area (Å²) >= 11 is 1.10. The number of nitrogen functional groups attached to an aromatic ring is 1. The number of nitrogens with two attached hydrogens (primary N) is 1. The Labute approximate surface area is 208 Å². The summed E-state index contributed by atoms with van der Waals surface area (Å²) in [7, 11) is 0. The molecule has 33 heavy (non-hydrogen) atoms. The van der Waals surface area contributed by atoms with Crippen LogP contribution in [0.5, 0.6) is 0 Å². The molecule has 8 nitrogen and oxygen atoms in total. The Morgan fingerprint density at radius 3 is 2.76 bits per heavy atom. The fraction of sp³-hybridized carbons (Fsp3) is 0.455. The number of hydrogen-bond acceptors (Lipinski definition) is 7. The highest BCUT2D eigenvalue weighted by molar-refractivity contribution is 14.1. The van der Waals surface area contributed by atoms with Crippen LogP contribution in [0.1, 0.15) is 60.9 Å². The zero-order chi connectivity index (χ0) is 23.9. The summed E-state index contributed by atoms with van der Waals surface area (Å²) < 4.78 is 31.8.